The molecule has 0 saturated carbocycles. The SMILES string of the molecule is COc1cc(CCCBr)ccc1F. The van der Waals surface area contributed by atoms with Gasteiger partial charge >= 0.3 is 0 Å². The Labute approximate surface area is 86.0 Å². The smallest absolute Gasteiger partial charge is 0.165 e. The molecule has 0 atom stereocenters. The largest absolute Gasteiger partial charge is 0.494 e. The molecule has 0 aliphatic carbocycles. The highest BCUT2D eigenvalue weighted by Crippen LogP contribution is 2.19. The van der Waals surface area contributed by atoms with Crippen LogP contribution in [-0.2, 0) is 6.42 Å². The number of aryl methyl sites for hydroxylation is 1. The summed E-state index contributed by atoms with van der Waals surface area (Å²) in [4.78, 5) is 0. The van der Waals surface area contributed by atoms with Crippen molar-refractivity contribution in [2.45, 2.75) is 12.8 Å². The molecule has 72 valence electrons. The summed E-state index contributed by atoms with van der Waals surface area (Å²) < 4.78 is 17.8. The Balaban J connectivity index is 2.74. The van der Waals surface area contributed by atoms with Gasteiger partial charge in [0.1, 0.15) is 0 Å². The zero-order valence-corrected chi connectivity index (χ0v) is 9.10. The summed E-state index contributed by atoms with van der Waals surface area (Å²) in [6.07, 6.45) is 2.00. The van der Waals surface area contributed by atoms with Crippen LogP contribution in [0.4, 0.5) is 4.39 Å². The number of rotatable bonds is 4. The van der Waals surface area contributed by atoms with Crippen LogP contribution in [0.5, 0.6) is 5.75 Å². The summed E-state index contributed by atoms with van der Waals surface area (Å²) in [6.45, 7) is 0. The van der Waals surface area contributed by atoms with E-state index in [1.165, 1.54) is 13.2 Å². The zero-order valence-electron chi connectivity index (χ0n) is 7.52. The highest BCUT2D eigenvalue weighted by molar-refractivity contribution is 9.09. The highest BCUT2D eigenvalue weighted by atomic mass is 79.9. The van der Waals surface area contributed by atoms with Crippen LogP contribution in [0.15, 0.2) is 18.2 Å². The molecule has 0 unspecified atom stereocenters. The van der Waals surface area contributed by atoms with Crippen molar-refractivity contribution in [1.29, 1.82) is 0 Å². The molecule has 1 nitrogen and oxygen atoms in total. The zero-order chi connectivity index (χ0) is 9.68. The Morgan fingerprint density at radius 2 is 2.23 bits per heavy atom. The molecule has 0 bridgehead atoms. The fraction of sp³-hybridized carbons (Fsp3) is 0.400. The second-order valence-corrected chi connectivity index (χ2v) is 3.55. The molecule has 0 aromatic heterocycles. The van der Waals surface area contributed by atoms with Gasteiger partial charge < -0.3 is 4.74 Å². The molecule has 13 heavy (non-hydrogen) atoms. The molecule has 0 N–H and O–H groups in total. The van der Waals surface area contributed by atoms with Crippen molar-refractivity contribution in [3.05, 3.63) is 29.6 Å². The first-order valence-corrected chi connectivity index (χ1v) is 5.28. The van der Waals surface area contributed by atoms with E-state index in [2.05, 4.69) is 15.9 Å². The van der Waals surface area contributed by atoms with E-state index in [9.17, 15) is 4.39 Å². The van der Waals surface area contributed by atoms with Gasteiger partial charge in [0.15, 0.2) is 11.6 Å². The Bertz CT molecular complexity index is 276. The fourth-order valence-corrected chi connectivity index (χ4v) is 1.41. The summed E-state index contributed by atoms with van der Waals surface area (Å²) in [6, 6.07) is 4.99. The lowest BCUT2D eigenvalue weighted by molar-refractivity contribution is 0.386. The average Bonchev–Trinajstić information content (AvgIpc) is 2.16. The molecule has 1 aromatic carbocycles. The summed E-state index contributed by atoms with van der Waals surface area (Å²) in [5, 5.41) is 0.965. The van der Waals surface area contributed by atoms with Crippen LogP contribution in [0.1, 0.15) is 12.0 Å². The minimum Gasteiger partial charge on any atom is -0.494 e. The van der Waals surface area contributed by atoms with E-state index in [4.69, 9.17) is 4.74 Å². The standard InChI is InChI=1S/C10H12BrFO/c1-13-10-7-8(3-2-6-11)4-5-9(10)12/h4-5,7H,2-3,6H2,1H3. The summed E-state index contributed by atoms with van der Waals surface area (Å²) in [5.74, 6) is 0.0252. The van der Waals surface area contributed by atoms with E-state index >= 15 is 0 Å². The predicted octanol–water partition coefficient (Wildman–Crippen LogP) is 3.16. The minimum absolute atomic E-state index is 0.301. The molecule has 0 spiro atoms. The van der Waals surface area contributed by atoms with E-state index < -0.39 is 0 Å². The van der Waals surface area contributed by atoms with Crippen LogP contribution in [0.2, 0.25) is 0 Å². The third kappa shape index (κ3) is 2.99. The van der Waals surface area contributed by atoms with Gasteiger partial charge in [0.2, 0.25) is 0 Å². The fourth-order valence-electron chi connectivity index (χ4n) is 1.13. The summed E-state index contributed by atoms with van der Waals surface area (Å²) >= 11 is 3.35. The molecule has 1 rings (SSSR count). The molecule has 0 radical (unpaired) electrons. The highest BCUT2D eigenvalue weighted by Gasteiger charge is 2.02. The average molecular weight is 247 g/mol. The molecule has 0 aliphatic rings. The Kier molecular flexibility index (Phi) is 4.22. The predicted molar refractivity (Wildman–Crippen MR) is 55.1 cm³/mol. The van der Waals surface area contributed by atoms with Crippen LogP contribution in [-0.4, -0.2) is 12.4 Å². The molecule has 0 saturated heterocycles. The van der Waals surface area contributed by atoms with Crippen LogP contribution in [0, 0.1) is 5.82 Å². The Morgan fingerprint density at radius 3 is 2.85 bits per heavy atom. The second kappa shape index (κ2) is 5.22. The molecule has 0 amide bonds. The van der Waals surface area contributed by atoms with Gasteiger partial charge in [-0.05, 0) is 30.5 Å². The third-order valence-corrected chi connectivity index (χ3v) is 2.38. The number of hydrogen-bond acceptors (Lipinski definition) is 1. The molecule has 3 heteroatoms. The van der Waals surface area contributed by atoms with Gasteiger partial charge in [-0.25, -0.2) is 4.39 Å². The van der Waals surface area contributed by atoms with Crippen LogP contribution in [0.25, 0.3) is 0 Å². The van der Waals surface area contributed by atoms with Gasteiger partial charge in [-0.2, -0.15) is 0 Å². The number of alkyl halides is 1. The first-order chi connectivity index (χ1) is 6.27. The lowest BCUT2D eigenvalue weighted by Crippen LogP contribution is -1.91. The summed E-state index contributed by atoms with van der Waals surface area (Å²) in [7, 11) is 1.48. The van der Waals surface area contributed by atoms with Crippen molar-refractivity contribution in [2.24, 2.45) is 0 Å². The number of halogens is 2. The maximum absolute atomic E-state index is 13.0. The van der Waals surface area contributed by atoms with E-state index in [-0.39, 0.29) is 5.82 Å². The first-order valence-electron chi connectivity index (χ1n) is 4.16. The number of methoxy groups -OCH3 is 1. The summed E-state index contributed by atoms with van der Waals surface area (Å²) in [5.41, 5.74) is 1.11. The Hall–Kier alpha value is -0.570. The topological polar surface area (TPSA) is 9.23 Å². The third-order valence-electron chi connectivity index (χ3n) is 1.81. The maximum atomic E-state index is 13.0. The van der Waals surface area contributed by atoms with Crippen LogP contribution < -0.4 is 4.74 Å². The lowest BCUT2D eigenvalue weighted by atomic mass is 10.1. The van der Waals surface area contributed by atoms with Gasteiger partial charge in [0, 0.05) is 5.33 Å². The first kappa shape index (κ1) is 10.5. The van der Waals surface area contributed by atoms with Gasteiger partial charge in [0.05, 0.1) is 7.11 Å². The minimum atomic E-state index is -0.301. The number of ether oxygens (including phenoxy) is 1. The lowest BCUT2D eigenvalue weighted by Gasteiger charge is -2.04. The van der Waals surface area contributed by atoms with Gasteiger partial charge in [-0.1, -0.05) is 22.0 Å². The normalized spacial score (nSPS) is 10.1. The van der Waals surface area contributed by atoms with E-state index in [0.29, 0.717) is 5.75 Å². The van der Waals surface area contributed by atoms with E-state index in [1.54, 1.807) is 12.1 Å². The molecule has 1 aromatic rings. The van der Waals surface area contributed by atoms with Crippen LogP contribution >= 0.6 is 15.9 Å². The Morgan fingerprint density at radius 1 is 1.46 bits per heavy atom. The van der Waals surface area contributed by atoms with Crippen molar-refractivity contribution in [3.8, 4) is 5.75 Å². The molecule has 0 aliphatic heterocycles. The molecular formula is C10H12BrFO. The quantitative estimate of drug-likeness (QED) is 0.742. The van der Waals surface area contributed by atoms with Crippen molar-refractivity contribution >= 4 is 15.9 Å². The number of hydrogen-bond donors (Lipinski definition) is 0. The van der Waals surface area contributed by atoms with E-state index in [1.807, 2.05) is 0 Å². The molecular weight excluding hydrogens is 235 g/mol. The van der Waals surface area contributed by atoms with Gasteiger partial charge in [-0.15, -0.1) is 0 Å². The molecule has 0 fully saturated rings. The molecule has 0 heterocycles. The van der Waals surface area contributed by atoms with Crippen LogP contribution in [0.3, 0.4) is 0 Å². The monoisotopic (exact) mass is 246 g/mol. The van der Waals surface area contributed by atoms with Gasteiger partial charge in [0.25, 0.3) is 0 Å². The van der Waals surface area contributed by atoms with Crippen molar-refractivity contribution < 1.29 is 9.13 Å². The van der Waals surface area contributed by atoms with Gasteiger partial charge in [-0.3, -0.25) is 0 Å². The van der Waals surface area contributed by atoms with Crippen molar-refractivity contribution in [3.63, 3.8) is 0 Å². The van der Waals surface area contributed by atoms with Crippen molar-refractivity contribution in [1.82, 2.24) is 0 Å². The van der Waals surface area contributed by atoms with Crippen molar-refractivity contribution in [2.75, 3.05) is 12.4 Å². The maximum Gasteiger partial charge on any atom is 0.165 e. The van der Waals surface area contributed by atoms with E-state index in [0.717, 1.165) is 23.7 Å². The number of benzene rings is 1. The second-order valence-electron chi connectivity index (χ2n) is 2.76.